The molecule has 0 radical (unpaired) electrons. The molecule has 102 valence electrons. The molecule has 1 aromatic carbocycles. The van der Waals surface area contributed by atoms with Crippen molar-refractivity contribution in [2.75, 3.05) is 11.9 Å². The average Bonchev–Trinajstić information content (AvgIpc) is 3.01. The minimum atomic E-state index is -3.10. The normalized spacial score (nSPS) is 27.4. The van der Waals surface area contributed by atoms with Crippen LogP contribution in [0.4, 0.5) is 14.5 Å². The number of carbonyl (C=O) groups excluding carboxylic acids is 1. The summed E-state index contributed by atoms with van der Waals surface area (Å²) in [6.45, 7) is 2.76. The highest BCUT2D eigenvalue weighted by Gasteiger charge is 2.41. The lowest BCUT2D eigenvalue weighted by molar-refractivity contribution is -0.125. The summed E-state index contributed by atoms with van der Waals surface area (Å²) in [6.07, 6.45) is 0.361. The second-order valence-corrected chi connectivity index (χ2v) is 5.42. The van der Waals surface area contributed by atoms with Crippen molar-refractivity contribution >= 4 is 11.6 Å². The third-order valence-corrected chi connectivity index (χ3v) is 3.78. The summed E-state index contributed by atoms with van der Waals surface area (Å²) in [6, 6.07) is 4.35. The molecule has 3 rings (SSSR count). The monoisotopic (exact) mass is 267 g/mol. The van der Waals surface area contributed by atoms with Crippen LogP contribution in [0, 0.1) is 11.8 Å². The molecule has 19 heavy (non-hydrogen) atoms. The van der Waals surface area contributed by atoms with Crippen LogP contribution in [0.15, 0.2) is 18.2 Å². The van der Waals surface area contributed by atoms with Gasteiger partial charge in [0, 0.05) is 11.6 Å². The summed E-state index contributed by atoms with van der Waals surface area (Å²) in [7, 11) is 0. The third-order valence-electron chi connectivity index (χ3n) is 3.78. The van der Waals surface area contributed by atoms with Crippen molar-refractivity contribution in [3.05, 3.63) is 23.8 Å². The molecule has 1 heterocycles. The molecule has 1 aliphatic carbocycles. The first kappa shape index (κ1) is 12.4. The maximum absolute atomic E-state index is 13.7. The van der Waals surface area contributed by atoms with Gasteiger partial charge in [0.15, 0.2) is 0 Å². The molecule has 0 spiro atoms. The molecule has 1 aliphatic heterocycles. The van der Waals surface area contributed by atoms with E-state index in [1.807, 2.05) is 0 Å². The van der Waals surface area contributed by atoms with Gasteiger partial charge in [-0.15, -0.1) is 0 Å². The van der Waals surface area contributed by atoms with Gasteiger partial charge in [0.25, 0.3) is 5.92 Å². The number of hydrogen-bond acceptors (Lipinski definition) is 2. The standard InChI is InChI=1S/C14H15F2NO2/c1-8-4-9(8)7-19-10-2-3-11-12(5-10)17-13(18)6-14(11,15)16/h2-3,5,8-9H,4,6-7H2,1H3,(H,17,18)/t8?,9-/m1/s1. The van der Waals surface area contributed by atoms with Crippen molar-refractivity contribution in [3.63, 3.8) is 0 Å². The quantitative estimate of drug-likeness (QED) is 0.913. The number of amides is 1. The van der Waals surface area contributed by atoms with Crippen LogP contribution in [0.3, 0.4) is 0 Å². The molecule has 0 bridgehead atoms. The number of alkyl halides is 2. The summed E-state index contributed by atoms with van der Waals surface area (Å²) in [4.78, 5) is 11.2. The Hall–Kier alpha value is -1.65. The molecular formula is C14H15F2NO2. The SMILES string of the molecule is CC1C[C@@H]1COc1ccc2c(c1)NC(=O)CC2(F)F. The number of anilines is 1. The van der Waals surface area contributed by atoms with Gasteiger partial charge >= 0.3 is 0 Å². The van der Waals surface area contributed by atoms with Crippen LogP contribution in [0.25, 0.3) is 0 Å². The van der Waals surface area contributed by atoms with Gasteiger partial charge in [-0.3, -0.25) is 4.79 Å². The van der Waals surface area contributed by atoms with Gasteiger partial charge in [0.05, 0.1) is 18.7 Å². The molecular weight excluding hydrogens is 252 g/mol. The fourth-order valence-electron chi connectivity index (χ4n) is 2.36. The number of hydrogen-bond donors (Lipinski definition) is 1. The Kier molecular flexibility index (Phi) is 2.73. The Labute approximate surface area is 109 Å². The van der Waals surface area contributed by atoms with Gasteiger partial charge in [-0.25, -0.2) is 8.78 Å². The first-order valence-electron chi connectivity index (χ1n) is 6.41. The zero-order valence-corrected chi connectivity index (χ0v) is 10.6. The maximum atomic E-state index is 13.7. The third kappa shape index (κ3) is 2.41. The lowest BCUT2D eigenvalue weighted by Crippen LogP contribution is -2.30. The van der Waals surface area contributed by atoms with Gasteiger partial charge in [0.2, 0.25) is 5.91 Å². The topological polar surface area (TPSA) is 38.3 Å². The van der Waals surface area contributed by atoms with Gasteiger partial charge in [-0.05, 0) is 30.4 Å². The minimum Gasteiger partial charge on any atom is -0.493 e. The number of nitrogens with one attached hydrogen (secondary N) is 1. The number of benzene rings is 1. The smallest absolute Gasteiger partial charge is 0.283 e. The van der Waals surface area contributed by atoms with Gasteiger partial charge in [-0.1, -0.05) is 6.92 Å². The lowest BCUT2D eigenvalue weighted by atomic mass is 9.99. The summed E-state index contributed by atoms with van der Waals surface area (Å²) < 4.78 is 32.9. The number of carbonyl (C=O) groups is 1. The highest BCUT2D eigenvalue weighted by Crippen LogP contribution is 2.42. The molecule has 5 heteroatoms. The second kappa shape index (κ2) is 4.18. The Balaban J connectivity index is 1.78. The molecule has 1 fully saturated rings. The largest absolute Gasteiger partial charge is 0.493 e. The lowest BCUT2D eigenvalue weighted by Gasteiger charge is -2.25. The molecule has 1 N–H and O–H groups in total. The van der Waals surface area contributed by atoms with Crippen LogP contribution < -0.4 is 10.1 Å². The predicted molar refractivity (Wildman–Crippen MR) is 66.3 cm³/mol. The Morgan fingerprint density at radius 2 is 2.21 bits per heavy atom. The summed E-state index contributed by atoms with van der Waals surface area (Å²) in [5.74, 6) is -1.99. The van der Waals surface area contributed by atoms with E-state index < -0.39 is 18.3 Å². The van der Waals surface area contributed by atoms with Crippen molar-refractivity contribution in [1.82, 2.24) is 0 Å². The van der Waals surface area contributed by atoms with E-state index in [1.54, 1.807) is 0 Å². The van der Waals surface area contributed by atoms with Crippen molar-refractivity contribution in [1.29, 1.82) is 0 Å². The van der Waals surface area contributed by atoms with Crippen LogP contribution >= 0.6 is 0 Å². The van der Waals surface area contributed by atoms with Gasteiger partial charge < -0.3 is 10.1 Å². The van der Waals surface area contributed by atoms with Crippen molar-refractivity contribution in [2.24, 2.45) is 11.8 Å². The summed E-state index contributed by atoms with van der Waals surface area (Å²) >= 11 is 0. The summed E-state index contributed by atoms with van der Waals surface area (Å²) in [5.41, 5.74) is 0.0156. The number of ether oxygens (including phenoxy) is 1. The Bertz CT molecular complexity index is 530. The van der Waals surface area contributed by atoms with E-state index in [9.17, 15) is 13.6 Å². The minimum absolute atomic E-state index is 0.140. The highest BCUT2D eigenvalue weighted by atomic mass is 19.3. The van der Waals surface area contributed by atoms with Crippen LogP contribution in [-0.4, -0.2) is 12.5 Å². The molecule has 1 amide bonds. The molecule has 2 atom stereocenters. The second-order valence-electron chi connectivity index (χ2n) is 5.42. The first-order chi connectivity index (χ1) is 8.95. The average molecular weight is 267 g/mol. The van der Waals surface area contributed by atoms with Crippen LogP contribution in [-0.2, 0) is 10.7 Å². The number of halogens is 2. The molecule has 1 unspecified atom stereocenters. The number of fused-ring (bicyclic) bond motifs is 1. The molecule has 0 saturated heterocycles. The van der Waals surface area contributed by atoms with Crippen molar-refractivity contribution < 1.29 is 18.3 Å². The van der Waals surface area contributed by atoms with E-state index in [0.717, 1.165) is 6.42 Å². The van der Waals surface area contributed by atoms with E-state index in [0.29, 0.717) is 24.2 Å². The predicted octanol–water partition coefficient (Wildman–Crippen LogP) is 3.16. The Morgan fingerprint density at radius 3 is 2.89 bits per heavy atom. The Morgan fingerprint density at radius 1 is 1.47 bits per heavy atom. The van der Waals surface area contributed by atoms with E-state index in [-0.39, 0.29) is 11.3 Å². The fourth-order valence-corrected chi connectivity index (χ4v) is 2.36. The molecule has 3 nitrogen and oxygen atoms in total. The van der Waals surface area contributed by atoms with Crippen LogP contribution in [0.5, 0.6) is 5.75 Å². The molecule has 1 saturated carbocycles. The highest BCUT2D eigenvalue weighted by molar-refractivity contribution is 5.95. The van der Waals surface area contributed by atoms with E-state index in [2.05, 4.69) is 12.2 Å². The molecule has 1 aromatic rings. The van der Waals surface area contributed by atoms with Gasteiger partial charge in [0.1, 0.15) is 5.75 Å². The van der Waals surface area contributed by atoms with E-state index >= 15 is 0 Å². The van der Waals surface area contributed by atoms with Crippen molar-refractivity contribution in [3.8, 4) is 5.75 Å². The fraction of sp³-hybridized carbons (Fsp3) is 0.500. The number of rotatable bonds is 3. The maximum Gasteiger partial charge on any atom is 0.283 e. The zero-order valence-electron chi connectivity index (χ0n) is 10.6. The van der Waals surface area contributed by atoms with Gasteiger partial charge in [-0.2, -0.15) is 0 Å². The van der Waals surface area contributed by atoms with E-state index in [1.165, 1.54) is 18.2 Å². The summed E-state index contributed by atoms with van der Waals surface area (Å²) in [5, 5.41) is 2.47. The van der Waals surface area contributed by atoms with Crippen molar-refractivity contribution in [2.45, 2.75) is 25.7 Å². The molecule has 2 aliphatic rings. The van der Waals surface area contributed by atoms with Crippen LogP contribution in [0.2, 0.25) is 0 Å². The molecule has 0 aromatic heterocycles. The van der Waals surface area contributed by atoms with E-state index in [4.69, 9.17) is 4.74 Å². The van der Waals surface area contributed by atoms with Crippen LogP contribution in [0.1, 0.15) is 25.3 Å². The zero-order chi connectivity index (χ0) is 13.6. The first-order valence-corrected chi connectivity index (χ1v) is 6.41.